The molecule has 0 radical (unpaired) electrons. The molecule has 7 aromatic rings. The second kappa shape index (κ2) is 8.67. The SMILES string of the molecule is c1ccc([C@@H]2c3c(ccc4ccccc34)Oc3ncn4nc(COc5ccc6ccccc6c5)nc4c32)cc1. The Balaban J connectivity index is 1.24. The summed E-state index contributed by atoms with van der Waals surface area (Å²) in [7, 11) is 0. The van der Waals surface area contributed by atoms with Gasteiger partial charge in [-0.2, -0.15) is 0 Å². The number of aromatic nitrogens is 4. The van der Waals surface area contributed by atoms with Crippen LogP contribution in [0.5, 0.6) is 17.4 Å². The summed E-state index contributed by atoms with van der Waals surface area (Å²) in [6.07, 6.45) is 1.66. The highest BCUT2D eigenvalue weighted by molar-refractivity contribution is 5.91. The van der Waals surface area contributed by atoms with Crippen LogP contribution in [0.15, 0.2) is 116 Å². The van der Waals surface area contributed by atoms with Crippen LogP contribution in [0.25, 0.3) is 27.2 Å². The van der Waals surface area contributed by atoms with Crippen molar-refractivity contribution in [1.82, 2.24) is 19.6 Å². The molecule has 2 aromatic heterocycles. The first-order valence-electron chi connectivity index (χ1n) is 12.9. The van der Waals surface area contributed by atoms with E-state index >= 15 is 0 Å². The molecule has 1 atom stereocenters. The zero-order valence-corrected chi connectivity index (χ0v) is 20.9. The quantitative estimate of drug-likeness (QED) is 0.251. The molecule has 8 rings (SSSR count). The third kappa shape index (κ3) is 3.61. The van der Waals surface area contributed by atoms with E-state index in [9.17, 15) is 0 Å². The molecule has 0 amide bonds. The van der Waals surface area contributed by atoms with Gasteiger partial charge in [0.05, 0.1) is 5.56 Å². The van der Waals surface area contributed by atoms with Crippen molar-refractivity contribution in [3.63, 3.8) is 0 Å². The Hall–Kier alpha value is -5.23. The molecule has 0 saturated heterocycles. The Bertz CT molecular complexity index is 2020. The summed E-state index contributed by atoms with van der Waals surface area (Å²) in [5.41, 5.74) is 3.87. The molecular weight excluding hydrogens is 484 g/mol. The Labute approximate surface area is 224 Å². The van der Waals surface area contributed by atoms with Crippen molar-refractivity contribution in [1.29, 1.82) is 0 Å². The molecule has 186 valence electrons. The summed E-state index contributed by atoms with van der Waals surface area (Å²) in [6, 6.07) is 37.3. The number of rotatable bonds is 4. The molecular formula is C33H22N4O2. The van der Waals surface area contributed by atoms with Gasteiger partial charge in [0.15, 0.2) is 11.5 Å². The molecule has 0 aliphatic carbocycles. The van der Waals surface area contributed by atoms with Crippen molar-refractivity contribution < 1.29 is 9.47 Å². The summed E-state index contributed by atoms with van der Waals surface area (Å²) < 4.78 is 14.2. The summed E-state index contributed by atoms with van der Waals surface area (Å²) in [4.78, 5) is 9.60. The van der Waals surface area contributed by atoms with Crippen LogP contribution in [0.4, 0.5) is 0 Å². The van der Waals surface area contributed by atoms with Gasteiger partial charge in [-0.05, 0) is 45.3 Å². The summed E-state index contributed by atoms with van der Waals surface area (Å²) in [6.45, 7) is 0.241. The third-order valence-corrected chi connectivity index (χ3v) is 7.37. The van der Waals surface area contributed by atoms with Crippen LogP contribution in [0.1, 0.15) is 28.4 Å². The molecule has 6 heteroatoms. The molecule has 5 aromatic carbocycles. The minimum absolute atomic E-state index is 0.120. The van der Waals surface area contributed by atoms with Crippen molar-refractivity contribution in [2.24, 2.45) is 0 Å². The number of nitrogens with zero attached hydrogens (tertiary/aromatic N) is 4. The standard InChI is InChI=1S/C33H22N4O2/c1-2-10-23(11-3-1)29-30-26-13-7-6-9-22(26)15-17-27(30)39-33-31(29)32-35-28(36-37(32)20-34-33)19-38-25-16-14-21-8-4-5-12-24(21)18-25/h1-18,20,29H,19H2/t29-/m1/s1. The Kier molecular flexibility index (Phi) is 4.85. The molecule has 39 heavy (non-hydrogen) atoms. The second-order valence-corrected chi connectivity index (χ2v) is 9.70. The topological polar surface area (TPSA) is 61.5 Å². The minimum atomic E-state index is -0.120. The van der Waals surface area contributed by atoms with Gasteiger partial charge in [0.25, 0.3) is 0 Å². The zero-order chi connectivity index (χ0) is 25.8. The van der Waals surface area contributed by atoms with E-state index in [0.29, 0.717) is 17.4 Å². The van der Waals surface area contributed by atoms with E-state index < -0.39 is 0 Å². The zero-order valence-electron chi connectivity index (χ0n) is 20.9. The van der Waals surface area contributed by atoms with Gasteiger partial charge in [0, 0.05) is 11.5 Å². The fourth-order valence-corrected chi connectivity index (χ4v) is 5.59. The predicted octanol–water partition coefficient (Wildman–Crippen LogP) is 7.30. The van der Waals surface area contributed by atoms with Crippen LogP contribution in [0.3, 0.4) is 0 Å². The van der Waals surface area contributed by atoms with Gasteiger partial charge in [-0.3, -0.25) is 0 Å². The summed E-state index contributed by atoms with van der Waals surface area (Å²) in [5.74, 6) is 2.60. The van der Waals surface area contributed by atoms with Crippen LogP contribution >= 0.6 is 0 Å². The largest absolute Gasteiger partial charge is 0.486 e. The second-order valence-electron chi connectivity index (χ2n) is 9.70. The lowest BCUT2D eigenvalue weighted by molar-refractivity contribution is 0.296. The highest BCUT2D eigenvalue weighted by atomic mass is 16.5. The molecule has 0 fully saturated rings. The first-order chi connectivity index (χ1) is 19.3. The van der Waals surface area contributed by atoms with E-state index in [2.05, 4.69) is 77.8 Å². The highest BCUT2D eigenvalue weighted by Gasteiger charge is 2.34. The van der Waals surface area contributed by atoms with E-state index in [4.69, 9.17) is 19.6 Å². The van der Waals surface area contributed by atoms with Crippen molar-refractivity contribution in [2.45, 2.75) is 12.5 Å². The molecule has 0 N–H and O–H groups in total. The Morgan fingerprint density at radius 2 is 1.51 bits per heavy atom. The minimum Gasteiger partial charge on any atom is -0.486 e. The fourth-order valence-electron chi connectivity index (χ4n) is 5.59. The number of hydrogen-bond donors (Lipinski definition) is 0. The predicted molar refractivity (Wildman–Crippen MR) is 150 cm³/mol. The van der Waals surface area contributed by atoms with Gasteiger partial charge in [-0.1, -0.05) is 91.0 Å². The molecule has 0 bridgehead atoms. The normalized spacial score (nSPS) is 14.2. The lowest BCUT2D eigenvalue weighted by Gasteiger charge is -2.29. The number of hydrogen-bond acceptors (Lipinski definition) is 5. The van der Waals surface area contributed by atoms with E-state index in [1.54, 1.807) is 10.8 Å². The van der Waals surface area contributed by atoms with Crippen LogP contribution < -0.4 is 9.47 Å². The van der Waals surface area contributed by atoms with Crippen molar-refractivity contribution in [3.8, 4) is 17.4 Å². The van der Waals surface area contributed by atoms with Crippen LogP contribution in [0, 0.1) is 0 Å². The summed E-state index contributed by atoms with van der Waals surface area (Å²) in [5, 5.41) is 9.32. The third-order valence-electron chi connectivity index (χ3n) is 7.37. The smallest absolute Gasteiger partial charge is 0.228 e. The first-order valence-corrected chi connectivity index (χ1v) is 12.9. The van der Waals surface area contributed by atoms with Crippen molar-refractivity contribution >= 4 is 27.2 Å². The van der Waals surface area contributed by atoms with Gasteiger partial charge >= 0.3 is 0 Å². The highest BCUT2D eigenvalue weighted by Crippen LogP contribution is 2.50. The lowest BCUT2D eigenvalue weighted by atomic mass is 9.81. The van der Waals surface area contributed by atoms with Gasteiger partial charge in [-0.15, -0.1) is 5.10 Å². The number of benzene rings is 5. The van der Waals surface area contributed by atoms with E-state index in [1.807, 2.05) is 36.4 Å². The van der Waals surface area contributed by atoms with E-state index in [-0.39, 0.29) is 12.5 Å². The molecule has 0 unspecified atom stereocenters. The Morgan fingerprint density at radius 3 is 2.41 bits per heavy atom. The van der Waals surface area contributed by atoms with E-state index in [0.717, 1.165) is 44.3 Å². The van der Waals surface area contributed by atoms with Crippen LogP contribution in [-0.4, -0.2) is 19.6 Å². The fraction of sp³-hybridized carbons (Fsp3) is 0.0606. The van der Waals surface area contributed by atoms with Crippen molar-refractivity contribution in [3.05, 3.63) is 138 Å². The van der Waals surface area contributed by atoms with Gasteiger partial charge in [-0.25, -0.2) is 14.5 Å². The van der Waals surface area contributed by atoms with Gasteiger partial charge in [0.1, 0.15) is 24.4 Å². The van der Waals surface area contributed by atoms with Gasteiger partial charge in [0.2, 0.25) is 5.88 Å². The molecule has 0 spiro atoms. The van der Waals surface area contributed by atoms with Gasteiger partial charge < -0.3 is 9.47 Å². The number of fused-ring (bicyclic) bond motifs is 7. The molecule has 1 aliphatic heterocycles. The van der Waals surface area contributed by atoms with Crippen LogP contribution in [-0.2, 0) is 6.61 Å². The number of ether oxygens (including phenoxy) is 2. The molecule has 0 saturated carbocycles. The van der Waals surface area contributed by atoms with Crippen LogP contribution in [0.2, 0.25) is 0 Å². The first kappa shape index (κ1) is 21.8. The molecule has 1 aliphatic rings. The average Bonchev–Trinajstić information content (AvgIpc) is 3.42. The summed E-state index contributed by atoms with van der Waals surface area (Å²) >= 11 is 0. The molecule has 6 nitrogen and oxygen atoms in total. The monoisotopic (exact) mass is 506 g/mol. The maximum Gasteiger partial charge on any atom is 0.228 e. The van der Waals surface area contributed by atoms with E-state index in [1.165, 1.54) is 5.39 Å². The average molecular weight is 507 g/mol. The Morgan fingerprint density at radius 1 is 0.744 bits per heavy atom. The van der Waals surface area contributed by atoms with Crippen molar-refractivity contribution in [2.75, 3.05) is 0 Å². The lowest BCUT2D eigenvalue weighted by Crippen LogP contribution is -2.15. The maximum absolute atomic E-state index is 6.40. The maximum atomic E-state index is 6.40. The molecule has 3 heterocycles.